The minimum atomic E-state index is -0.173. The summed E-state index contributed by atoms with van der Waals surface area (Å²) < 4.78 is 0. The number of aromatic amines is 1. The maximum absolute atomic E-state index is 12.5. The molecular formula is C46H53N9O2. The van der Waals surface area contributed by atoms with E-state index in [1.165, 1.54) is 74.0 Å². The molecule has 3 N–H and O–H groups in total. The van der Waals surface area contributed by atoms with Gasteiger partial charge in [0.1, 0.15) is 12.0 Å². The molecule has 2 fully saturated rings. The summed E-state index contributed by atoms with van der Waals surface area (Å²) in [4.78, 5) is 49.8. The van der Waals surface area contributed by atoms with Gasteiger partial charge in [-0.2, -0.15) is 0 Å². The highest BCUT2D eigenvalue weighted by Gasteiger charge is 2.35. The molecule has 57 heavy (non-hydrogen) atoms. The van der Waals surface area contributed by atoms with Gasteiger partial charge in [0.05, 0.1) is 34.9 Å². The Bertz CT molecular complexity index is 2230. The predicted octanol–water partition coefficient (Wildman–Crippen LogP) is 8.04. The number of hydrogen-bond acceptors (Lipinski definition) is 9. The molecule has 0 saturated carbocycles. The van der Waals surface area contributed by atoms with E-state index in [-0.39, 0.29) is 5.91 Å². The van der Waals surface area contributed by atoms with E-state index in [0.717, 1.165) is 35.9 Å². The molecule has 11 nitrogen and oxygen atoms in total. The fraction of sp³-hybridized carbons (Fsp3) is 0.348. The first-order valence-corrected chi connectivity index (χ1v) is 20.1. The minimum absolute atomic E-state index is 0.173. The molecule has 2 atom stereocenters. The van der Waals surface area contributed by atoms with Crippen LogP contribution in [0.2, 0.25) is 0 Å². The number of likely N-dealkylation sites (N-methyl/N-ethyl adjacent to an activating group) is 1. The molecule has 2 unspecified atom stereocenters. The fourth-order valence-corrected chi connectivity index (χ4v) is 8.25. The first-order chi connectivity index (χ1) is 27.8. The molecule has 8 rings (SSSR count). The summed E-state index contributed by atoms with van der Waals surface area (Å²) in [7, 11) is 2.19. The van der Waals surface area contributed by atoms with Gasteiger partial charge in [0.25, 0.3) is 5.91 Å². The summed E-state index contributed by atoms with van der Waals surface area (Å²) in [6, 6.07) is 26.4. The van der Waals surface area contributed by atoms with Crippen molar-refractivity contribution in [2.45, 2.75) is 71.0 Å². The Morgan fingerprint density at radius 3 is 2.19 bits per heavy atom. The summed E-state index contributed by atoms with van der Waals surface area (Å²) in [6.07, 6.45) is 12.1. The summed E-state index contributed by atoms with van der Waals surface area (Å²) in [5.74, 6) is -0.173. The molecule has 0 aliphatic carbocycles. The van der Waals surface area contributed by atoms with Crippen LogP contribution < -0.4 is 10.6 Å². The molecule has 6 aromatic rings. The number of fused-ring (bicyclic) bond motifs is 1. The number of aromatic nitrogens is 5. The molecule has 0 radical (unpaired) electrons. The van der Waals surface area contributed by atoms with Crippen molar-refractivity contribution in [2.75, 3.05) is 38.5 Å². The van der Waals surface area contributed by atoms with Gasteiger partial charge in [-0.15, -0.1) is 0 Å². The highest BCUT2D eigenvalue weighted by molar-refractivity contribution is 6.05. The zero-order valence-electron chi connectivity index (χ0n) is 33.4. The average molecular weight is 764 g/mol. The van der Waals surface area contributed by atoms with Gasteiger partial charge in [0, 0.05) is 53.7 Å². The normalized spacial score (nSPS) is 17.4. The molecule has 2 aromatic carbocycles. The zero-order chi connectivity index (χ0) is 39.7. The van der Waals surface area contributed by atoms with Gasteiger partial charge >= 0.3 is 0 Å². The molecule has 2 aliphatic heterocycles. The summed E-state index contributed by atoms with van der Waals surface area (Å²) >= 11 is 0. The van der Waals surface area contributed by atoms with Crippen LogP contribution in [-0.4, -0.2) is 86.2 Å². The van der Waals surface area contributed by atoms with E-state index in [1.54, 1.807) is 18.2 Å². The van der Waals surface area contributed by atoms with Gasteiger partial charge in [0.15, 0.2) is 6.29 Å². The molecule has 294 valence electrons. The van der Waals surface area contributed by atoms with E-state index in [2.05, 4.69) is 80.5 Å². The molecule has 4 aromatic heterocycles. The number of amides is 1. The second kappa shape index (κ2) is 18.5. The Hall–Kier alpha value is -5.62. The van der Waals surface area contributed by atoms with Gasteiger partial charge in [-0.05, 0) is 126 Å². The van der Waals surface area contributed by atoms with Crippen molar-refractivity contribution in [1.29, 1.82) is 0 Å². The van der Waals surface area contributed by atoms with Crippen LogP contribution in [-0.2, 0) is 0 Å². The van der Waals surface area contributed by atoms with Crippen LogP contribution in [0.1, 0.15) is 93.1 Å². The number of pyridine rings is 2. The third-order valence-corrected chi connectivity index (χ3v) is 11.3. The second-order valence-corrected chi connectivity index (χ2v) is 15.3. The van der Waals surface area contributed by atoms with Gasteiger partial charge in [-0.1, -0.05) is 42.5 Å². The number of hydrogen-bond donors (Lipinski definition) is 3. The van der Waals surface area contributed by atoms with Crippen LogP contribution >= 0.6 is 0 Å². The van der Waals surface area contributed by atoms with Gasteiger partial charge in [-0.3, -0.25) is 24.5 Å². The van der Waals surface area contributed by atoms with Crippen LogP contribution in [0.25, 0.3) is 22.3 Å². The number of aryl methyl sites for hydroxylation is 2. The SMILES string of the molecule is Cc1c(NC(=O)c2ccccc2)cccc1-c1ncnc2[nH]c(C=O)cc12.Cc1cccnc1C1CCCC(c2ncccc2C)N1CCCCNC1CN(C)C1. The van der Waals surface area contributed by atoms with Crippen molar-refractivity contribution >= 4 is 28.9 Å². The first-order valence-electron chi connectivity index (χ1n) is 20.1. The van der Waals surface area contributed by atoms with Crippen LogP contribution in [0.4, 0.5) is 5.69 Å². The Kier molecular flexibility index (Phi) is 12.9. The maximum atomic E-state index is 12.5. The smallest absolute Gasteiger partial charge is 0.255 e. The summed E-state index contributed by atoms with van der Waals surface area (Å²) in [5.41, 5.74) is 9.92. The highest BCUT2D eigenvalue weighted by Crippen LogP contribution is 2.42. The van der Waals surface area contributed by atoms with Crippen molar-refractivity contribution in [1.82, 2.24) is 40.0 Å². The van der Waals surface area contributed by atoms with E-state index in [9.17, 15) is 9.59 Å². The number of benzene rings is 2. The number of H-pyrrole nitrogens is 1. The van der Waals surface area contributed by atoms with Crippen LogP contribution in [0.5, 0.6) is 0 Å². The molecule has 2 saturated heterocycles. The summed E-state index contributed by atoms with van der Waals surface area (Å²) in [5, 5.41) is 7.42. The molecule has 0 bridgehead atoms. The fourth-order valence-electron chi connectivity index (χ4n) is 8.25. The molecule has 0 spiro atoms. The van der Waals surface area contributed by atoms with Crippen molar-refractivity contribution < 1.29 is 9.59 Å². The number of likely N-dealkylation sites (tertiary alicyclic amines) is 2. The molecule has 1 amide bonds. The Morgan fingerprint density at radius 1 is 0.842 bits per heavy atom. The number of piperidine rings is 1. The van der Waals surface area contributed by atoms with E-state index >= 15 is 0 Å². The van der Waals surface area contributed by atoms with E-state index < -0.39 is 0 Å². The van der Waals surface area contributed by atoms with Crippen LogP contribution in [0.15, 0.2) is 97.6 Å². The van der Waals surface area contributed by atoms with Crippen molar-refractivity contribution in [3.05, 3.63) is 137 Å². The lowest BCUT2D eigenvalue weighted by Crippen LogP contribution is -2.56. The van der Waals surface area contributed by atoms with E-state index in [1.807, 2.05) is 55.7 Å². The first kappa shape index (κ1) is 39.6. The Balaban J connectivity index is 0.000000175. The second-order valence-electron chi connectivity index (χ2n) is 15.3. The van der Waals surface area contributed by atoms with Crippen molar-refractivity contribution in [3.8, 4) is 11.3 Å². The zero-order valence-corrected chi connectivity index (χ0v) is 33.4. The molecule has 2 aliphatic rings. The van der Waals surface area contributed by atoms with Crippen LogP contribution in [0.3, 0.4) is 0 Å². The number of rotatable bonds is 12. The van der Waals surface area contributed by atoms with Crippen molar-refractivity contribution in [2.24, 2.45) is 0 Å². The van der Waals surface area contributed by atoms with Gasteiger partial charge in [0.2, 0.25) is 0 Å². The Morgan fingerprint density at radius 2 is 1.54 bits per heavy atom. The molecular weight excluding hydrogens is 711 g/mol. The number of carbonyl (C=O) groups is 2. The lowest BCUT2D eigenvalue weighted by Gasteiger charge is -2.42. The van der Waals surface area contributed by atoms with Gasteiger partial charge < -0.3 is 20.5 Å². The number of unbranched alkanes of at least 4 members (excludes halogenated alkanes) is 1. The number of anilines is 1. The summed E-state index contributed by atoms with van der Waals surface area (Å²) in [6.45, 7) is 10.9. The minimum Gasteiger partial charge on any atom is -0.337 e. The lowest BCUT2D eigenvalue weighted by atomic mass is 9.88. The number of aldehydes is 1. The highest BCUT2D eigenvalue weighted by atomic mass is 16.1. The number of nitrogens with one attached hydrogen (secondary N) is 3. The number of carbonyl (C=O) groups excluding carboxylic acids is 2. The quantitative estimate of drug-likeness (QED) is 0.0837. The van der Waals surface area contributed by atoms with E-state index in [0.29, 0.717) is 46.4 Å². The van der Waals surface area contributed by atoms with E-state index in [4.69, 9.17) is 9.97 Å². The third kappa shape index (κ3) is 9.34. The van der Waals surface area contributed by atoms with Crippen molar-refractivity contribution in [3.63, 3.8) is 0 Å². The van der Waals surface area contributed by atoms with Crippen LogP contribution in [0, 0.1) is 20.8 Å². The molecule has 11 heteroatoms. The third-order valence-electron chi connectivity index (χ3n) is 11.3. The topological polar surface area (TPSA) is 132 Å². The average Bonchev–Trinajstić information content (AvgIpc) is 3.66. The number of nitrogens with zero attached hydrogens (tertiary/aromatic N) is 6. The van der Waals surface area contributed by atoms with Gasteiger partial charge in [-0.25, -0.2) is 9.97 Å². The standard InChI is InChI=1S/C25H37N5.C21H16N4O2/c1-19-9-7-14-27-24(19)22-11-6-12-23(25-20(2)10-8-15-28-25)30(22)16-5-4-13-26-21-17-29(3)18-21;1-13-16(19-17-10-15(11-26)24-20(17)23-12-22-19)8-5-9-18(13)25-21(27)14-6-3-2-4-7-14/h7-10,14-15,21-23,26H,4-6,11-13,16-18H2,1-3H3;2-12H,1H3,(H,25,27)(H,22,23,24). The lowest BCUT2D eigenvalue weighted by molar-refractivity contribution is 0.0739. The largest absolute Gasteiger partial charge is 0.337 e. The Labute approximate surface area is 335 Å². The monoisotopic (exact) mass is 763 g/mol. The predicted molar refractivity (Wildman–Crippen MR) is 226 cm³/mol. The maximum Gasteiger partial charge on any atom is 0.255 e. The molecule has 6 heterocycles.